The van der Waals surface area contributed by atoms with E-state index < -0.39 is 29.8 Å². The number of carbonyl (C=O) groups excluding carboxylic acids is 3. The number of fused-ring (bicyclic) bond motifs is 3. The molecule has 0 heterocycles. The van der Waals surface area contributed by atoms with Crippen LogP contribution >= 0.6 is 0 Å². The van der Waals surface area contributed by atoms with Crippen LogP contribution < -0.4 is 16.0 Å². The average molecular weight is 716 g/mol. The minimum atomic E-state index is -0.903. The molecule has 14 nitrogen and oxygen atoms in total. The first kappa shape index (κ1) is 41.2. The molecule has 0 fully saturated rings. The summed E-state index contributed by atoms with van der Waals surface area (Å²) in [6.45, 7) is 8.52. The minimum absolute atomic E-state index is 0.0255. The molecule has 1 aliphatic rings. The van der Waals surface area contributed by atoms with Crippen LogP contribution in [0.15, 0.2) is 48.5 Å². The lowest BCUT2D eigenvalue weighted by Gasteiger charge is -2.23. The summed E-state index contributed by atoms with van der Waals surface area (Å²) in [5.74, 6) is -1.29. The number of nitrogens with one attached hydrogen (secondary N) is 3. The Bertz CT molecular complexity index is 1340. The van der Waals surface area contributed by atoms with Gasteiger partial charge in [0.15, 0.2) is 0 Å². The van der Waals surface area contributed by atoms with Gasteiger partial charge in [-0.2, -0.15) is 0 Å². The number of hydrogen-bond acceptors (Lipinski definition) is 10. The Morgan fingerprint density at radius 3 is 1.82 bits per heavy atom. The van der Waals surface area contributed by atoms with E-state index in [-0.39, 0.29) is 44.6 Å². The smallest absolute Gasteiger partial charge is 0.408 e. The number of alkyl carbamates (subject to hydrolysis) is 2. The molecule has 4 N–H and O–H groups in total. The number of ether oxygens (including phenoxy) is 6. The third-order valence-electron chi connectivity index (χ3n) is 7.66. The van der Waals surface area contributed by atoms with Crippen LogP contribution in [0.5, 0.6) is 0 Å². The number of unbranched alkanes of at least 4 members (excludes halogenated alkanes) is 1. The highest BCUT2D eigenvalue weighted by molar-refractivity contribution is 5.85. The van der Waals surface area contributed by atoms with E-state index in [1.165, 1.54) is 0 Å². The SMILES string of the molecule is CC(C)(C)OC(=O)N[C@@H](CCCCNC(=O)OCC1c2ccccc2-c2ccccc21)C(=O)NCCOCCOCCOCCOCCC(=O)O. The Hall–Kier alpha value is -4.24. The van der Waals surface area contributed by atoms with Crippen molar-refractivity contribution in [3.63, 3.8) is 0 Å². The third kappa shape index (κ3) is 16.1. The first-order valence-corrected chi connectivity index (χ1v) is 17.4. The molecule has 51 heavy (non-hydrogen) atoms. The van der Waals surface area contributed by atoms with Crippen molar-refractivity contribution in [3.8, 4) is 11.1 Å². The quantitative estimate of drug-likeness (QED) is 0.114. The Labute approximate surface area is 299 Å². The summed E-state index contributed by atoms with van der Waals surface area (Å²) in [6.07, 6.45) is 0.216. The van der Waals surface area contributed by atoms with Gasteiger partial charge in [-0.1, -0.05) is 48.5 Å². The van der Waals surface area contributed by atoms with Crippen LogP contribution in [0.4, 0.5) is 9.59 Å². The van der Waals surface area contributed by atoms with E-state index in [1.54, 1.807) is 20.8 Å². The monoisotopic (exact) mass is 715 g/mol. The van der Waals surface area contributed by atoms with Gasteiger partial charge in [0.1, 0.15) is 18.2 Å². The number of amides is 3. The molecule has 0 radical (unpaired) electrons. The van der Waals surface area contributed by atoms with Gasteiger partial charge in [-0.15, -0.1) is 0 Å². The predicted molar refractivity (Wildman–Crippen MR) is 189 cm³/mol. The maximum Gasteiger partial charge on any atom is 0.408 e. The molecule has 0 saturated carbocycles. The Kier molecular flexibility index (Phi) is 18.2. The lowest BCUT2D eigenvalue weighted by molar-refractivity contribution is -0.138. The fourth-order valence-electron chi connectivity index (χ4n) is 5.32. The molecule has 0 aliphatic heterocycles. The van der Waals surface area contributed by atoms with Gasteiger partial charge in [0.05, 0.1) is 59.3 Å². The van der Waals surface area contributed by atoms with Crippen molar-refractivity contribution in [1.82, 2.24) is 16.0 Å². The zero-order valence-corrected chi connectivity index (χ0v) is 29.9. The summed E-state index contributed by atoms with van der Waals surface area (Å²) < 4.78 is 32.4. The Morgan fingerprint density at radius 1 is 0.706 bits per heavy atom. The zero-order valence-electron chi connectivity index (χ0n) is 29.9. The summed E-state index contributed by atoms with van der Waals surface area (Å²) in [6, 6.07) is 15.5. The normalized spacial score (nSPS) is 12.8. The van der Waals surface area contributed by atoms with Gasteiger partial charge >= 0.3 is 18.2 Å². The Morgan fingerprint density at radius 2 is 1.25 bits per heavy atom. The largest absolute Gasteiger partial charge is 0.481 e. The van der Waals surface area contributed by atoms with Crippen LogP contribution in [-0.4, -0.2) is 113 Å². The first-order valence-electron chi connectivity index (χ1n) is 17.4. The van der Waals surface area contributed by atoms with Crippen LogP contribution in [0.1, 0.15) is 63.5 Å². The van der Waals surface area contributed by atoms with Crippen molar-refractivity contribution in [3.05, 3.63) is 59.7 Å². The van der Waals surface area contributed by atoms with Crippen LogP contribution in [-0.2, 0) is 38.0 Å². The van der Waals surface area contributed by atoms with Crippen LogP contribution in [0.2, 0.25) is 0 Å². The summed E-state index contributed by atoms with van der Waals surface area (Å²) >= 11 is 0. The van der Waals surface area contributed by atoms with Gasteiger partial charge in [-0.25, -0.2) is 9.59 Å². The molecule has 0 unspecified atom stereocenters. The van der Waals surface area contributed by atoms with Gasteiger partial charge in [-0.05, 0) is 62.3 Å². The van der Waals surface area contributed by atoms with Crippen molar-refractivity contribution in [2.45, 2.75) is 64.0 Å². The highest BCUT2D eigenvalue weighted by Crippen LogP contribution is 2.44. The second-order valence-corrected chi connectivity index (χ2v) is 12.8. The first-order chi connectivity index (χ1) is 24.5. The van der Waals surface area contributed by atoms with E-state index in [0.29, 0.717) is 65.4 Å². The molecule has 0 saturated heterocycles. The van der Waals surface area contributed by atoms with Crippen LogP contribution in [0.25, 0.3) is 11.1 Å². The van der Waals surface area contributed by atoms with Gasteiger partial charge in [0.2, 0.25) is 5.91 Å². The molecule has 2 aromatic carbocycles. The summed E-state index contributed by atoms with van der Waals surface area (Å²) in [7, 11) is 0. The van der Waals surface area contributed by atoms with Gasteiger partial charge in [0, 0.05) is 19.0 Å². The number of rotatable bonds is 24. The number of benzene rings is 2. The standard InChI is InChI=1S/C37H53N3O11/c1-37(2,3)51-36(45)40-32(34(43)38-17-19-47-21-23-49-25-24-48-22-20-46-18-15-33(41)42)14-8-9-16-39-35(44)50-26-31-29-12-6-4-10-27(29)28-11-5-7-13-30(28)31/h4-7,10-13,31-32H,8-9,14-26H2,1-3H3,(H,38,43)(H,39,44)(H,40,45)(H,41,42)/t32-/m0/s1. The number of hydrogen-bond donors (Lipinski definition) is 4. The minimum Gasteiger partial charge on any atom is -0.481 e. The van der Waals surface area contributed by atoms with Crippen LogP contribution in [0.3, 0.4) is 0 Å². The number of carbonyl (C=O) groups is 4. The second kappa shape index (κ2) is 22.6. The highest BCUT2D eigenvalue weighted by Gasteiger charge is 2.29. The van der Waals surface area contributed by atoms with Gasteiger partial charge in [-0.3, -0.25) is 9.59 Å². The molecule has 3 amide bonds. The van der Waals surface area contributed by atoms with E-state index in [2.05, 4.69) is 40.2 Å². The summed E-state index contributed by atoms with van der Waals surface area (Å²) in [4.78, 5) is 48.3. The van der Waals surface area contributed by atoms with Crippen molar-refractivity contribution in [2.24, 2.45) is 0 Å². The molecule has 14 heteroatoms. The number of aliphatic carboxylic acids is 1. The van der Waals surface area contributed by atoms with E-state index in [9.17, 15) is 19.2 Å². The third-order valence-corrected chi connectivity index (χ3v) is 7.66. The summed E-state index contributed by atoms with van der Waals surface area (Å²) in [5.41, 5.74) is 3.88. The van der Waals surface area contributed by atoms with E-state index in [0.717, 1.165) is 22.3 Å². The van der Waals surface area contributed by atoms with E-state index >= 15 is 0 Å². The van der Waals surface area contributed by atoms with Crippen molar-refractivity contribution >= 4 is 24.1 Å². The molecule has 282 valence electrons. The van der Waals surface area contributed by atoms with Crippen molar-refractivity contribution in [1.29, 1.82) is 0 Å². The maximum atomic E-state index is 13.0. The van der Waals surface area contributed by atoms with Gasteiger partial charge < -0.3 is 49.5 Å². The molecule has 0 aromatic heterocycles. The Balaban J connectivity index is 1.28. The number of carboxylic acids is 1. The molecule has 2 aromatic rings. The number of carboxylic acid groups (broad SMARTS) is 1. The topological polar surface area (TPSA) is 180 Å². The van der Waals surface area contributed by atoms with E-state index in [1.807, 2.05) is 24.3 Å². The lowest BCUT2D eigenvalue weighted by atomic mass is 9.98. The highest BCUT2D eigenvalue weighted by atomic mass is 16.6. The molecule has 0 spiro atoms. The molecule has 1 atom stereocenters. The molecule has 3 rings (SSSR count). The summed E-state index contributed by atoms with van der Waals surface area (Å²) in [5, 5.41) is 16.8. The lowest BCUT2D eigenvalue weighted by Crippen LogP contribution is -2.48. The fraction of sp³-hybridized carbons (Fsp3) is 0.568. The van der Waals surface area contributed by atoms with Crippen molar-refractivity contribution in [2.75, 3.05) is 72.6 Å². The zero-order chi connectivity index (χ0) is 36.9. The predicted octanol–water partition coefficient (Wildman–Crippen LogP) is 4.25. The molecule has 0 bridgehead atoms. The van der Waals surface area contributed by atoms with E-state index in [4.69, 9.17) is 33.5 Å². The molecular weight excluding hydrogens is 662 g/mol. The second-order valence-electron chi connectivity index (χ2n) is 12.8. The average Bonchev–Trinajstić information content (AvgIpc) is 3.40. The molecule has 1 aliphatic carbocycles. The fourth-order valence-corrected chi connectivity index (χ4v) is 5.32. The van der Waals surface area contributed by atoms with Gasteiger partial charge in [0.25, 0.3) is 0 Å². The van der Waals surface area contributed by atoms with Crippen LogP contribution in [0, 0.1) is 0 Å². The maximum absolute atomic E-state index is 13.0. The molecular formula is C37H53N3O11. The van der Waals surface area contributed by atoms with Crippen molar-refractivity contribution < 1.29 is 52.7 Å².